The van der Waals surface area contributed by atoms with Gasteiger partial charge >= 0.3 is 11.9 Å². The van der Waals surface area contributed by atoms with Crippen molar-refractivity contribution in [1.82, 2.24) is 0 Å². The summed E-state index contributed by atoms with van der Waals surface area (Å²) in [6.07, 6.45) is -4.81. The minimum Gasteiger partial charge on any atom is -0.453 e. The minimum atomic E-state index is -1.40. The van der Waals surface area contributed by atoms with E-state index in [-0.39, 0.29) is 6.61 Å². The van der Waals surface area contributed by atoms with E-state index < -0.39 is 36.5 Å². The van der Waals surface area contributed by atoms with Gasteiger partial charge in [-0.1, -0.05) is 97.1 Å². The maximum absolute atomic E-state index is 13.8. The first-order valence-electron chi connectivity index (χ1n) is 15.6. The molecular weight excluding hydrogens is 592 g/mol. The molecule has 1 saturated heterocycles. The second-order valence-electron chi connectivity index (χ2n) is 12.2. The van der Waals surface area contributed by atoms with Crippen LogP contribution in [0.3, 0.4) is 0 Å². The van der Waals surface area contributed by atoms with Gasteiger partial charge < -0.3 is 24.1 Å². The van der Waals surface area contributed by atoms with E-state index in [4.69, 9.17) is 18.9 Å². The number of carbonyl (C=O) groups excluding carboxylic acids is 2. The van der Waals surface area contributed by atoms with Gasteiger partial charge in [0.05, 0.1) is 17.7 Å². The fourth-order valence-electron chi connectivity index (χ4n) is 7.40. The quantitative estimate of drug-likeness (QED) is 0.157. The highest BCUT2D eigenvalue weighted by atomic mass is 16.7. The zero-order chi connectivity index (χ0) is 31.8. The van der Waals surface area contributed by atoms with E-state index >= 15 is 0 Å². The minimum absolute atomic E-state index is 0.135. The Morgan fingerprint density at radius 3 is 1.51 bits per heavy atom. The average molecular weight is 621 g/mol. The van der Waals surface area contributed by atoms with Gasteiger partial charge in [-0.15, -0.1) is 0 Å². The lowest BCUT2D eigenvalue weighted by Gasteiger charge is -2.38. The van der Waals surface area contributed by atoms with E-state index in [2.05, 4.69) is 36.4 Å². The maximum atomic E-state index is 13.8. The average Bonchev–Trinajstić information content (AvgIpc) is 3.11. The highest BCUT2D eigenvalue weighted by molar-refractivity contribution is 6.27. The smallest absolute Gasteiger partial charge is 0.339 e. The highest BCUT2D eigenvalue weighted by Gasteiger charge is 2.45. The van der Waals surface area contributed by atoms with Crippen LogP contribution < -0.4 is 0 Å². The Balaban J connectivity index is 1.02. The molecule has 0 amide bonds. The lowest BCUT2D eigenvalue weighted by Crippen LogP contribution is -2.56. The molecule has 0 saturated carbocycles. The van der Waals surface area contributed by atoms with E-state index in [1.807, 2.05) is 60.7 Å². The Morgan fingerprint density at radius 1 is 0.596 bits per heavy atom. The molecule has 0 spiro atoms. The summed E-state index contributed by atoms with van der Waals surface area (Å²) in [6, 6.07) is 35.6. The van der Waals surface area contributed by atoms with Gasteiger partial charge in [-0.2, -0.15) is 0 Å². The highest BCUT2D eigenvalue weighted by Crippen LogP contribution is 2.38. The predicted octanol–water partition coefficient (Wildman–Crippen LogP) is 7.60. The number of esters is 2. The van der Waals surface area contributed by atoms with Gasteiger partial charge in [0, 0.05) is 7.11 Å². The Kier molecular flexibility index (Phi) is 6.30. The second kappa shape index (κ2) is 10.6. The lowest BCUT2D eigenvalue weighted by molar-refractivity contribution is -0.260. The van der Waals surface area contributed by atoms with E-state index in [0.717, 1.165) is 64.6 Å². The molecule has 9 rings (SSSR count). The topological polar surface area (TPSA) is 91.3 Å². The summed E-state index contributed by atoms with van der Waals surface area (Å²) in [6.45, 7) is -0.135. The van der Waals surface area contributed by atoms with Crippen LogP contribution in [0.5, 0.6) is 0 Å². The maximum Gasteiger partial charge on any atom is 0.339 e. The zero-order valence-corrected chi connectivity index (χ0v) is 25.3. The van der Waals surface area contributed by atoms with Gasteiger partial charge in [-0.25, -0.2) is 9.59 Å². The Bertz CT molecular complexity index is 2470. The number of carbonyl (C=O) groups is 2. The number of hydrogen-bond donors (Lipinski definition) is 1. The van der Waals surface area contributed by atoms with Crippen molar-refractivity contribution in [2.45, 2.75) is 24.6 Å². The molecule has 1 aliphatic rings. The molecule has 1 heterocycles. The van der Waals surface area contributed by atoms with Crippen molar-refractivity contribution in [3.8, 4) is 0 Å². The summed E-state index contributed by atoms with van der Waals surface area (Å²) in [4.78, 5) is 27.5. The van der Waals surface area contributed by atoms with Crippen LogP contribution in [0, 0.1) is 0 Å². The SMILES string of the molecule is COC1OC[C@@H](OC(=O)c2ccc3ccc4cccc5ccc2c3c45)[C@H](O)[C@H]1OC(=O)c1ccc2ccc3cccc4ccc1c2c34. The third-order valence-electron chi connectivity index (χ3n) is 9.64. The van der Waals surface area contributed by atoms with E-state index in [9.17, 15) is 14.7 Å². The molecule has 0 radical (unpaired) electrons. The van der Waals surface area contributed by atoms with Crippen LogP contribution in [0.4, 0.5) is 0 Å². The van der Waals surface area contributed by atoms with Crippen LogP contribution in [0.25, 0.3) is 64.6 Å². The first kappa shape index (κ1) is 27.9. The monoisotopic (exact) mass is 620 g/mol. The normalized spacial score (nSPS) is 20.2. The van der Waals surface area contributed by atoms with Crippen molar-refractivity contribution in [2.75, 3.05) is 13.7 Å². The number of benzene rings is 8. The molecule has 47 heavy (non-hydrogen) atoms. The van der Waals surface area contributed by atoms with Gasteiger partial charge in [0.15, 0.2) is 18.5 Å². The zero-order valence-electron chi connectivity index (χ0n) is 25.3. The van der Waals surface area contributed by atoms with Gasteiger partial charge in [-0.05, 0) is 76.8 Å². The molecule has 8 aromatic carbocycles. The molecule has 230 valence electrons. The summed E-state index contributed by atoms with van der Waals surface area (Å²) in [5.74, 6) is -1.25. The first-order valence-corrected chi connectivity index (χ1v) is 15.6. The van der Waals surface area contributed by atoms with E-state index in [1.54, 1.807) is 12.1 Å². The Labute approximate surface area is 268 Å². The molecule has 4 atom stereocenters. The number of aliphatic hydroxyl groups is 1. The van der Waals surface area contributed by atoms with Crippen molar-refractivity contribution in [3.05, 3.63) is 120 Å². The lowest BCUT2D eigenvalue weighted by atomic mass is 9.92. The number of methoxy groups -OCH3 is 1. The molecule has 1 fully saturated rings. The molecule has 7 heteroatoms. The van der Waals surface area contributed by atoms with Crippen molar-refractivity contribution < 1.29 is 33.6 Å². The fourth-order valence-corrected chi connectivity index (χ4v) is 7.40. The summed E-state index contributed by atoms with van der Waals surface area (Å²) >= 11 is 0. The fraction of sp³-hybridized carbons (Fsp3) is 0.150. The van der Waals surface area contributed by atoms with Crippen molar-refractivity contribution >= 4 is 76.6 Å². The van der Waals surface area contributed by atoms with Gasteiger partial charge in [0.1, 0.15) is 6.10 Å². The molecule has 7 nitrogen and oxygen atoms in total. The molecule has 1 unspecified atom stereocenters. The number of aliphatic hydroxyl groups excluding tert-OH is 1. The summed E-state index contributed by atoms with van der Waals surface area (Å²) < 4.78 is 23.1. The van der Waals surface area contributed by atoms with Crippen LogP contribution in [-0.4, -0.2) is 55.4 Å². The second-order valence-corrected chi connectivity index (χ2v) is 12.2. The molecule has 0 bridgehead atoms. The molecule has 8 aromatic rings. The molecule has 1 aliphatic heterocycles. The molecule has 0 aliphatic carbocycles. The van der Waals surface area contributed by atoms with Crippen LogP contribution in [-0.2, 0) is 18.9 Å². The summed E-state index contributed by atoms with van der Waals surface area (Å²) in [5, 5.41) is 23.4. The first-order chi connectivity index (χ1) is 23.0. The Hall–Kier alpha value is -5.34. The third kappa shape index (κ3) is 4.24. The van der Waals surface area contributed by atoms with E-state index in [0.29, 0.717) is 11.1 Å². The summed E-state index contributed by atoms with van der Waals surface area (Å²) in [7, 11) is 1.41. The number of rotatable bonds is 5. The Morgan fingerprint density at radius 2 is 1.02 bits per heavy atom. The van der Waals surface area contributed by atoms with Crippen molar-refractivity contribution in [3.63, 3.8) is 0 Å². The van der Waals surface area contributed by atoms with Gasteiger partial charge in [0.2, 0.25) is 0 Å². The van der Waals surface area contributed by atoms with Crippen LogP contribution in [0.15, 0.2) is 109 Å². The predicted molar refractivity (Wildman–Crippen MR) is 181 cm³/mol. The van der Waals surface area contributed by atoms with Gasteiger partial charge in [0.25, 0.3) is 0 Å². The molecular formula is C40H28O7. The molecule has 1 N–H and O–H groups in total. The van der Waals surface area contributed by atoms with E-state index in [1.165, 1.54) is 7.11 Å². The van der Waals surface area contributed by atoms with Crippen LogP contribution in [0.2, 0.25) is 0 Å². The van der Waals surface area contributed by atoms with Crippen LogP contribution >= 0.6 is 0 Å². The molecule has 0 aromatic heterocycles. The third-order valence-corrected chi connectivity index (χ3v) is 9.64. The summed E-state index contributed by atoms with van der Waals surface area (Å²) in [5.41, 5.74) is 0.726. The number of ether oxygens (including phenoxy) is 4. The largest absolute Gasteiger partial charge is 0.453 e. The van der Waals surface area contributed by atoms with Gasteiger partial charge in [-0.3, -0.25) is 0 Å². The van der Waals surface area contributed by atoms with Crippen LogP contribution in [0.1, 0.15) is 20.7 Å². The van der Waals surface area contributed by atoms with Crippen molar-refractivity contribution in [1.29, 1.82) is 0 Å². The van der Waals surface area contributed by atoms with Crippen molar-refractivity contribution in [2.24, 2.45) is 0 Å². The standard InChI is InChI=1S/C40H28O7/c1-44-40-37(47-39(43)30-19-15-26-11-9-22-5-3-7-24-13-17-28(30)35(26)33(22)24)36(41)31(20-45-40)46-38(42)29-18-14-25-10-8-21-4-2-6-23-12-16-27(29)34(25)32(21)23/h2-19,31,36-37,40-41H,20H2,1H3/t31-,36+,37-,40?/m1/s1. The number of hydrogen-bond acceptors (Lipinski definition) is 7.